The molecule has 1 radical (unpaired) electrons. The van der Waals surface area contributed by atoms with Gasteiger partial charge in [0.25, 0.3) is 0 Å². The number of rotatable bonds is 0. The zero-order valence-electron chi connectivity index (χ0n) is 4.76. The molecule has 0 saturated carbocycles. The van der Waals surface area contributed by atoms with Crippen LogP contribution in [-0.2, 0) is 32.7 Å². The van der Waals surface area contributed by atoms with Crippen LogP contribution in [0.25, 0.3) is 0 Å². The van der Waals surface area contributed by atoms with Crippen LogP contribution in [0.1, 0.15) is 13.8 Å². The second-order valence-electron chi connectivity index (χ2n) is 0.574. The first kappa shape index (κ1) is 15.7. The van der Waals surface area contributed by atoms with Crippen molar-refractivity contribution in [3.8, 4) is 0 Å². The van der Waals surface area contributed by atoms with E-state index in [1.807, 2.05) is 0 Å². The molecular weight excluding hydrogens is 169 g/mol. The van der Waals surface area contributed by atoms with E-state index < -0.39 is 0 Å². The van der Waals surface area contributed by atoms with E-state index in [1.54, 1.807) is 13.8 Å². The smallest absolute Gasteiger partial charge is 0.0402 e. The van der Waals surface area contributed by atoms with Gasteiger partial charge in [-0.3, -0.25) is 0 Å². The second kappa shape index (κ2) is 27.9. The summed E-state index contributed by atoms with van der Waals surface area (Å²) in [5.41, 5.74) is 0. The molecule has 0 spiro atoms. The largest absolute Gasteiger partial charge is 0.566 e. The van der Waals surface area contributed by atoms with Crippen LogP contribution in [0.3, 0.4) is 0 Å². The van der Waals surface area contributed by atoms with Crippen LogP contribution in [0.2, 0.25) is 0 Å². The SMILES string of the molecule is CCO.C[CH-]O.[Y]. The first-order valence-corrected chi connectivity index (χ1v) is 1.86. The van der Waals surface area contributed by atoms with Crippen molar-refractivity contribution in [3.05, 3.63) is 6.61 Å². The predicted molar refractivity (Wildman–Crippen MR) is 24.7 cm³/mol. The molecule has 0 aliphatic carbocycles. The summed E-state index contributed by atoms with van der Waals surface area (Å²) in [4.78, 5) is 0. The first-order valence-electron chi connectivity index (χ1n) is 1.86. The molecule has 0 aromatic carbocycles. The Morgan fingerprint density at radius 3 is 1.57 bits per heavy atom. The molecule has 0 heterocycles. The fourth-order valence-electron chi connectivity index (χ4n) is 0. The molecule has 0 saturated heterocycles. The molecule has 0 fully saturated rings. The van der Waals surface area contributed by atoms with E-state index >= 15 is 0 Å². The summed E-state index contributed by atoms with van der Waals surface area (Å²) in [7, 11) is 0. The van der Waals surface area contributed by atoms with Gasteiger partial charge in [-0.05, 0) is 6.92 Å². The first-order chi connectivity index (χ1) is 2.83. The summed E-state index contributed by atoms with van der Waals surface area (Å²) in [5, 5.41) is 15.0. The zero-order valence-corrected chi connectivity index (χ0v) is 7.59. The van der Waals surface area contributed by atoms with E-state index in [1.165, 1.54) is 0 Å². The molecule has 0 bridgehead atoms. The molecule has 0 atom stereocenters. The van der Waals surface area contributed by atoms with Crippen LogP contribution < -0.4 is 0 Å². The van der Waals surface area contributed by atoms with Gasteiger partial charge < -0.3 is 10.2 Å². The van der Waals surface area contributed by atoms with Crippen molar-refractivity contribution >= 4 is 0 Å². The standard InChI is InChI=1S/C2H6O.C2H5O.Y/c2*1-2-3;/h3H,2H2,1H3;2-3H,1H3;/q;-1;. The summed E-state index contributed by atoms with van der Waals surface area (Å²) in [6.07, 6.45) is 0. The molecule has 0 aliphatic heterocycles. The van der Waals surface area contributed by atoms with Gasteiger partial charge in [-0.2, -0.15) is 6.92 Å². The van der Waals surface area contributed by atoms with Gasteiger partial charge in [0.05, 0.1) is 0 Å². The van der Waals surface area contributed by atoms with Gasteiger partial charge in [0.2, 0.25) is 0 Å². The van der Waals surface area contributed by atoms with Gasteiger partial charge in [0.1, 0.15) is 0 Å². The second-order valence-corrected chi connectivity index (χ2v) is 0.574. The number of aliphatic hydroxyl groups excluding tert-OH is 2. The molecule has 7 heavy (non-hydrogen) atoms. The topological polar surface area (TPSA) is 40.5 Å². The van der Waals surface area contributed by atoms with E-state index in [0.717, 1.165) is 6.61 Å². The summed E-state index contributed by atoms with van der Waals surface area (Å²) in [5.74, 6) is 0. The molecule has 0 rings (SSSR count). The third-order valence-electron chi connectivity index (χ3n) is 0. The van der Waals surface area contributed by atoms with Crippen LogP contribution in [0.5, 0.6) is 0 Å². The maximum atomic E-state index is 7.57. The van der Waals surface area contributed by atoms with Crippen molar-refractivity contribution in [3.63, 3.8) is 0 Å². The van der Waals surface area contributed by atoms with Crippen molar-refractivity contribution in [2.24, 2.45) is 0 Å². The molecule has 0 aromatic heterocycles. The molecule has 3 heteroatoms. The average molecular weight is 180 g/mol. The minimum Gasteiger partial charge on any atom is -0.566 e. The molecule has 43 valence electrons. The average Bonchev–Trinajstić information content (AvgIpc) is 1.39. The summed E-state index contributed by atoms with van der Waals surface area (Å²) >= 11 is 0. The van der Waals surface area contributed by atoms with Gasteiger partial charge in [0, 0.05) is 39.3 Å². The van der Waals surface area contributed by atoms with Gasteiger partial charge in [-0.1, -0.05) is 0 Å². The van der Waals surface area contributed by atoms with Crippen LogP contribution >= 0.6 is 0 Å². The Morgan fingerprint density at radius 1 is 1.57 bits per heavy atom. The Kier molecular flexibility index (Phi) is 62.5. The summed E-state index contributed by atoms with van der Waals surface area (Å²) < 4.78 is 0. The molecule has 0 aromatic rings. The number of hydrogen-bond acceptors (Lipinski definition) is 2. The monoisotopic (exact) mass is 180 g/mol. The minimum atomic E-state index is 0. The Balaban J connectivity index is -0.0000000400. The molecular formula is C4H11O2Y-. The fourth-order valence-corrected chi connectivity index (χ4v) is 0. The minimum absolute atomic E-state index is 0. The molecule has 2 N–H and O–H groups in total. The molecule has 0 unspecified atom stereocenters. The van der Waals surface area contributed by atoms with Crippen molar-refractivity contribution < 1.29 is 42.9 Å². The van der Waals surface area contributed by atoms with E-state index in [9.17, 15) is 0 Å². The Labute approximate surface area is 69.8 Å². The van der Waals surface area contributed by atoms with Gasteiger partial charge in [-0.15, -0.1) is 0 Å². The third-order valence-corrected chi connectivity index (χ3v) is 0. The van der Waals surface area contributed by atoms with Gasteiger partial charge in [-0.25, -0.2) is 6.61 Å². The van der Waals surface area contributed by atoms with Gasteiger partial charge in [0.15, 0.2) is 0 Å². The van der Waals surface area contributed by atoms with Crippen molar-refractivity contribution in [1.82, 2.24) is 0 Å². The van der Waals surface area contributed by atoms with E-state index in [0.29, 0.717) is 0 Å². The fraction of sp³-hybridized carbons (Fsp3) is 0.750. The number of hydrogen-bond donors (Lipinski definition) is 2. The Hall–Kier alpha value is 1.02. The van der Waals surface area contributed by atoms with E-state index in [2.05, 4.69) is 0 Å². The summed E-state index contributed by atoms with van der Waals surface area (Å²) in [6.45, 7) is 4.49. The molecule has 0 amide bonds. The van der Waals surface area contributed by atoms with Crippen molar-refractivity contribution in [2.45, 2.75) is 13.8 Å². The maximum absolute atomic E-state index is 7.57. The predicted octanol–water partition coefficient (Wildman–Crippen LogP) is 0.537. The van der Waals surface area contributed by atoms with Crippen LogP contribution in [0.15, 0.2) is 0 Å². The van der Waals surface area contributed by atoms with Gasteiger partial charge >= 0.3 is 0 Å². The quantitative estimate of drug-likeness (QED) is 0.534. The Morgan fingerprint density at radius 2 is 1.57 bits per heavy atom. The van der Waals surface area contributed by atoms with Crippen LogP contribution in [0.4, 0.5) is 0 Å². The zero-order chi connectivity index (χ0) is 5.41. The molecule has 0 aliphatic rings. The van der Waals surface area contributed by atoms with Crippen molar-refractivity contribution in [1.29, 1.82) is 0 Å². The van der Waals surface area contributed by atoms with Crippen molar-refractivity contribution in [2.75, 3.05) is 6.61 Å². The van der Waals surface area contributed by atoms with E-state index in [4.69, 9.17) is 10.2 Å². The Bertz CT molecular complexity index is 11.7. The maximum Gasteiger partial charge on any atom is 0.0402 e. The summed E-state index contributed by atoms with van der Waals surface area (Å²) in [6, 6.07) is 0. The molecule has 2 nitrogen and oxygen atoms in total. The van der Waals surface area contributed by atoms with E-state index in [-0.39, 0.29) is 39.3 Å². The normalized spacial score (nSPS) is 5.14. The van der Waals surface area contributed by atoms with Crippen LogP contribution in [-0.4, -0.2) is 16.8 Å². The number of aliphatic hydroxyl groups is 2. The van der Waals surface area contributed by atoms with Crippen LogP contribution in [0, 0.1) is 6.61 Å². The third kappa shape index (κ3) is 169.